The van der Waals surface area contributed by atoms with Crippen molar-refractivity contribution in [3.8, 4) is 0 Å². The van der Waals surface area contributed by atoms with Crippen LogP contribution in [0.4, 0.5) is 0 Å². The lowest BCUT2D eigenvalue weighted by Crippen LogP contribution is -2.30. The summed E-state index contributed by atoms with van der Waals surface area (Å²) in [5.41, 5.74) is 0. The van der Waals surface area contributed by atoms with Crippen LogP contribution >= 0.6 is 0 Å². The van der Waals surface area contributed by atoms with Gasteiger partial charge in [0.25, 0.3) is 0 Å². The quantitative estimate of drug-likeness (QED) is 0.0261. The summed E-state index contributed by atoms with van der Waals surface area (Å²) in [6.07, 6.45) is 79.3. The summed E-state index contributed by atoms with van der Waals surface area (Å²) >= 11 is 0. The molecule has 0 bridgehead atoms. The second kappa shape index (κ2) is 61.4. The van der Waals surface area contributed by atoms with Crippen LogP contribution in [-0.4, -0.2) is 37.2 Å². The first-order valence-electron chi connectivity index (χ1n) is 31.4. The molecule has 0 rings (SSSR count). The smallest absolute Gasteiger partial charge is 0.306 e. The predicted octanol–water partition coefficient (Wildman–Crippen LogP) is 21.3. The highest BCUT2D eigenvalue weighted by Gasteiger charge is 2.19. The summed E-state index contributed by atoms with van der Waals surface area (Å²) < 4.78 is 16.8. The molecule has 0 aromatic heterocycles. The van der Waals surface area contributed by atoms with Gasteiger partial charge in [-0.1, -0.05) is 280 Å². The van der Waals surface area contributed by atoms with E-state index in [-0.39, 0.29) is 31.1 Å². The van der Waals surface area contributed by atoms with Crippen LogP contribution in [0.15, 0.2) is 72.9 Å². The Morgan fingerprint density at radius 2 is 0.534 bits per heavy atom. The molecule has 422 valence electrons. The lowest BCUT2D eigenvalue weighted by Gasteiger charge is -2.18. The van der Waals surface area contributed by atoms with Crippen molar-refractivity contribution < 1.29 is 28.6 Å². The molecule has 0 N–H and O–H groups in total. The highest BCUT2D eigenvalue weighted by Crippen LogP contribution is 2.17. The molecule has 1 atom stereocenters. The number of unbranched alkanes of at least 4 members (excludes halogenated alkanes) is 34. The van der Waals surface area contributed by atoms with E-state index in [2.05, 4.69) is 93.7 Å². The van der Waals surface area contributed by atoms with Gasteiger partial charge in [0.05, 0.1) is 0 Å². The maximum atomic E-state index is 12.8. The molecule has 6 nitrogen and oxygen atoms in total. The van der Waals surface area contributed by atoms with Gasteiger partial charge in [-0.05, 0) is 89.9 Å². The van der Waals surface area contributed by atoms with Gasteiger partial charge < -0.3 is 14.2 Å². The van der Waals surface area contributed by atoms with Crippen molar-refractivity contribution in [2.24, 2.45) is 0 Å². The standard InChI is InChI=1S/C67H118O6/c1-4-7-10-13-16-18-20-22-24-26-28-30-31-32-33-34-35-37-38-40-42-44-46-48-51-54-57-60-66(69)72-63-64(62-71-65(68)59-56-53-50-15-12-9-6-3)73-67(70)61-58-55-52-49-47-45-43-41-39-36-29-27-25-23-21-19-17-14-11-8-5-2/h7,10,16,18,21-24,27-30,64H,4-6,8-9,11-15,17,19-20,25-26,31-63H2,1-3H3/b10-7-,18-16-,23-21-,24-22-,29-27-,30-28-. The number of ether oxygens (including phenoxy) is 3. The zero-order valence-corrected chi connectivity index (χ0v) is 48.4. The van der Waals surface area contributed by atoms with Crippen molar-refractivity contribution in [3.05, 3.63) is 72.9 Å². The van der Waals surface area contributed by atoms with Gasteiger partial charge in [0.1, 0.15) is 13.2 Å². The Labute approximate surface area is 453 Å². The van der Waals surface area contributed by atoms with E-state index in [4.69, 9.17) is 14.2 Å². The predicted molar refractivity (Wildman–Crippen MR) is 316 cm³/mol. The molecule has 0 fully saturated rings. The van der Waals surface area contributed by atoms with Crippen LogP contribution in [0.5, 0.6) is 0 Å². The molecule has 0 aromatic rings. The molecule has 1 unspecified atom stereocenters. The third kappa shape index (κ3) is 59.6. The maximum absolute atomic E-state index is 12.8. The molecule has 0 radical (unpaired) electrons. The van der Waals surface area contributed by atoms with Gasteiger partial charge >= 0.3 is 17.9 Å². The maximum Gasteiger partial charge on any atom is 0.306 e. The van der Waals surface area contributed by atoms with Gasteiger partial charge in [0.15, 0.2) is 6.10 Å². The molecule has 0 aromatic carbocycles. The zero-order chi connectivity index (χ0) is 52.9. The average Bonchev–Trinajstić information content (AvgIpc) is 3.39. The summed E-state index contributed by atoms with van der Waals surface area (Å²) in [6, 6.07) is 0. The van der Waals surface area contributed by atoms with Gasteiger partial charge in [-0.3, -0.25) is 14.4 Å². The van der Waals surface area contributed by atoms with E-state index in [1.807, 2.05) is 0 Å². The highest BCUT2D eigenvalue weighted by molar-refractivity contribution is 5.71. The molecule has 0 amide bonds. The monoisotopic (exact) mass is 1020 g/mol. The van der Waals surface area contributed by atoms with E-state index >= 15 is 0 Å². The summed E-state index contributed by atoms with van der Waals surface area (Å²) in [5, 5.41) is 0. The summed E-state index contributed by atoms with van der Waals surface area (Å²) in [4.78, 5) is 38.1. The third-order valence-electron chi connectivity index (χ3n) is 13.7. The molecule has 0 saturated heterocycles. The number of rotatable bonds is 57. The number of esters is 3. The fourth-order valence-electron chi connectivity index (χ4n) is 9.00. The lowest BCUT2D eigenvalue weighted by molar-refractivity contribution is -0.167. The molecule has 0 aliphatic rings. The van der Waals surface area contributed by atoms with Crippen LogP contribution in [0.2, 0.25) is 0 Å². The van der Waals surface area contributed by atoms with Gasteiger partial charge in [0, 0.05) is 19.3 Å². The first kappa shape index (κ1) is 69.8. The molecule has 0 aliphatic carbocycles. The van der Waals surface area contributed by atoms with Crippen LogP contribution in [0.3, 0.4) is 0 Å². The number of carbonyl (C=O) groups excluding carboxylic acids is 3. The second-order valence-corrected chi connectivity index (χ2v) is 20.9. The molecule has 73 heavy (non-hydrogen) atoms. The van der Waals surface area contributed by atoms with E-state index in [0.717, 1.165) is 89.9 Å². The Balaban J connectivity index is 4.12. The number of carbonyl (C=O) groups is 3. The van der Waals surface area contributed by atoms with E-state index < -0.39 is 6.10 Å². The van der Waals surface area contributed by atoms with Crippen LogP contribution in [0, 0.1) is 0 Å². The molecule has 0 saturated carbocycles. The van der Waals surface area contributed by atoms with Crippen molar-refractivity contribution in [3.63, 3.8) is 0 Å². The third-order valence-corrected chi connectivity index (χ3v) is 13.7. The van der Waals surface area contributed by atoms with Crippen LogP contribution < -0.4 is 0 Å². The summed E-state index contributed by atoms with van der Waals surface area (Å²) in [6.45, 7) is 6.50. The van der Waals surface area contributed by atoms with Crippen molar-refractivity contribution >= 4 is 17.9 Å². The number of hydrogen-bond donors (Lipinski definition) is 0. The minimum absolute atomic E-state index is 0.0744. The fourth-order valence-corrected chi connectivity index (χ4v) is 9.00. The Kier molecular flexibility index (Phi) is 58.7. The fraction of sp³-hybridized carbons (Fsp3) is 0.776. The SMILES string of the molecule is CC/C=C\C/C=C\C/C=C\C/C=C\CCCCCCCCCCCCCCCCC(=O)OCC(COC(=O)CCCCCCCCC)OC(=O)CCCCCCCCCCC/C=C\C/C=C\CCCCCCC. The van der Waals surface area contributed by atoms with E-state index in [1.54, 1.807) is 0 Å². The second-order valence-electron chi connectivity index (χ2n) is 20.9. The average molecular weight is 1020 g/mol. The summed E-state index contributed by atoms with van der Waals surface area (Å²) in [5.74, 6) is -0.873. The number of allylic oxidation sites excluding steroid dienone is 12. The van der Waals surface area contributed by atoms with Crippen LogP contribution in [-0.2, 0) is 28.6 Å². The molecule has 0 heterocycles. The van der Waals surface area contributed by atoms with E-state index in [9.17, 15) is 14.4 Å². The van der Waals surface area contributed by atoms with Crippen LogP contribution in [0.25, 0.3) is 0 Å². The Hall–Kier alpha value is -3.15. The first-order chi connectivity index (χ1) is 36.0. The van der Waals surface area contributed by atoms with Gasteiger partial charge in [-0.25, -0.2) is 0 Å². The van der Waals surface area contributed by atoms with Gasteiger partial charge in [-0.15, -0.1) is 0 Å². The molecular weight excluding hydrogens is 901 g/mol. The minimum atomic E-state index is -0.774. The first-order valence-corrected chi connectivity index (χ1v) is 31.4. The highest BCUT2D eigenvalue weighted by atomic mass is 16.6. The molecular formula is C67H118O6. The number of hydrogen-bond acceptors (Lipinski definition) is 6. The van der Waals surface area contributed by atoms with Crippen molar-refractivity contribution in [1.29, 1.82) is 0 Å². The van der Waals surface area contributed by atoms with Gasteiger partial charge in [0.2, 0.25) is 0 Å². The van der Waals surface area contributed by atoms with Crippen molar-refractivity contribution in [2.45, 2.75) is 322 Å². The topological polar surface area (TPSA) is 78.9 Å². The zero-order valence-electron chi connectivity index (χ0n) is 48.4. The normalized spacial score (nSPS) is 12.5. The largest absolute Gasteiger partial charge is 0.462 e. The molecule has 6 heteroatoms. The Bertz CT molecular complexity index is 1360. The summed E-state index contributed by atoms with van der Waals surface area (Å²) in [7, 11) is 0. The Morgan fingerprint density at radius 1 is 0.288 bits per heavy atom. The molecule has 0 spiro atoms. The van der Waals surface area contributed by atoms with Gasteiger partial charge in [-0.2, -0.15) is 0 Å². The van der Waals surface area contributed by atoms with E-state index in [1.165, 1.54) is 186 Å². The van der Waals surface area contributed by atoms with Crippen molar-refractivity contribution in [2.75, 3.05) is 13.2 Å². The van der Waals surface area contributed by atoms with Crippen molar-refractivity contribution in [1.82, 2.24) is 0 Å². The minimum Gasteiger partial charge on any atom is -0.462 e. The molecule has 0 aliphatic heterocycles. The van der Waals surface area contributed by atoms with Crippen LogP contribution in [0.1, 0.15) is 316 Å². The Morgan fingerprint density at radius 3 is 0.836 bits per heavy atom. The van der Waals surface area contributed by atoms with E-state index in [0.29, 0.717) is 19.3 Å². The lowest BCUT2D eigenvalue weighted by atomic mass is 10.0.